The predicted octanol–water partition coefficient (Wildman–Crippen LogP) is 5.10. The highest BCUT2D eigenvalue weighted by Crippen LogP contribution is 2.60. The Labute approximate surface area is 252 Å². The van der Waals surface area contributed by atoms with Crippen molar-refractivity contribution in [2.45, 2.75) is 50.2 Å². The van der Waals surface area contributed by atoms with Crippen molar-refractivity contribution in [3.63, 3.8) is 0 Å². The molecule has 1 spiro atoms. The Bertz CT molecular complexity index is 1500. The van der Waals surface area contributed by atoms with Gasteiger partial charge in [-0.2, -0.15) is 0 Å². The Morgan fingerprint density at radius 3 is 2.35 bits per heavy atom. The minimum absolute atomic E-state index is 0.122. The first kappa shape index (κ1) is 30.6. The Hall–Kier alpha value is -3.86. The average Bonchev–Trinajstić information content (AvgIpc) is 3.39. The molecule has 0 radical (unpaired) electrons. The van der Waals surface area contributed by atoms with Gasteiger partial charge in [0.15, 0.2) is 5.60 Å². The van der Waals surface area contributed by atoms with E-state index in [4.69, 9.17) is 4.74 Å². The molecule has 0 bridgehead atoms. The molecule has 226 valence electrons. The van der Waals surface area contributed by atoms with Crippen molar-refractivity contribution in [1.29, 1.82) is 0 Å². The van der Waals surface area contributed by atoms with E-state index in [0.29, 0.717) is 29.0 Å². The van der Waals surface area contributed by atoms with E-state index in [1.807, 2.05) is 43.3 Å². The number of hydrogen-bond donors (Lipinski definition) is 2. The van der Waals surface area contributed by atoms with Crippen LogP contribution in [0.5, 0.6) is 0 Å². The van der Waals surface area contributed by atoms with Crippen LogP contribution in [0.1, 0.15) is 34.8 Å². The molecule has 2 N–H and O–H groups in total. The first-order chi connectivity index (χ1) is 20.5. The maximum Gasteiger partial charge on any atom is 0.264 e. The van der Waals surface area contributed by atoms with E-state index in [-0.39, 0.29) is 37.3 Å². The number of anilines is 2. The van der Waals surface area contributed by atoms with Crippen LogP contribution >= 0.6 is 0 Å². The lowest BCUT2D eigenvalue weighted by Crippen LogP contribution is -2.44. The highest BCUT2D eigenvalue weighted by atomic mass is 28.4. The molecule has 2 heterocycles. The molecule has 5 rings (SSSR count). The van der Waals surface area contributed by atoms with Crippen LogP contribution in [0, 0.1) is 5.92 Å². The summed E-state index contributed by atoms with van der Waals surface area (Å²) in [5.41, 5.74) is 0.876. The normalized spacial score (nSPS) is 23.0. The van der Waals surface area contributed by atoms with Gasteiger partial charge in [-0.15, -0.1) is 0 Å². The molecular weight excluding hydrogens is 565 g/mol. The lowest BCUT2D eigenvalue weighted by molar-refractivity contribution is -0.149. The van der Waals surface area contributed by atoms with Gasteiger partial charge in [-0.1, -0.05) is 55.5 Å². The fourth-order valence-corrected chi connectivity index (χ4v) is 9.23. The van der Waals surface area contributed by atoms with Gasteiger partial charge in [-0.25, -0.2) is 0 Å². The van der Waals surface area contributed by atoms with E-state index < -0.39 is 31.6 Å². The predicted molar refractivity (Wildman–Crippen MR) is 166 cm³/mol. The van der Waals surface area contributed by atoms with Crippen LogP contribution in [0.3, 0.4) is 0 Å². The number of carbonyl (C=O) groups excluding carboxylic acids is 3. The zero-order valence-electron chi connectivity index (χ0n) is 24.9. The van der Waals surface area contributed by atoms with Crippen LogP contribution in [-0.4, -0.2) is 62.4 Å². The highest BCUT2D eigenvalue weighted by Gasteiger charge is 2.66. The van der Waals surface area contributed by atoms with Gasteiger partial charge in [0.1, 0.15) is 0 Å². The molecule has 3 aromatic rings. The third-order valence-corrected chi connectivity index (χ3v) is 11.2. The van der Waals surface area contributed by atoms with E-state index in [1.165, 1.54) is 4.90 Å². The molecule has 0 aliphatic carbocycles. The van der Waals surface area contributed by atoms with E-state index in [1.54, 1.807) is 67.5 Å². The standard InChI is InChI=1S/C33H38FN3O5Si/c1-22-30(43(3,4)34)28(20-29(39)37(17-18-38)21-23-11-7-5-8-12-23)42-33(22)26-19-25(15-16-27(26)36(2)32(33)41)35-31(40)24-13-9-6-10-14-24/h5-16,19,22,28,30,38H,17-18,20-21H2,1-4H3,(H,35,40)/t22-,28+,30-,33+/m0/s1. The Morgan fingerprint density at radius 2 is 1.72 bits per heavy atom. The number of ether oxygens (including phenoxy) is 1. The highest BCUT2D eigenvalue weighted by molar-refractivity contribution is 6.72. The second-order valence-corrected chi connectivity index (χ2v) is 15.7. The zero-order chi connectivity index (χ0) is 30.9. The van der Waals surface area contributed by atoms with Crippen LogP contribution in [0.25, 0.3) is 0 Å². The number of aliphatic hydroxyl groups excluding tert-OH is 1. The third kappa shape index (κ3) is 5.74. The van der Waals surface area contributed by atoms with E-state index in [9.17, 15) is 19.5 Å². The van der Waals surface area contributed by atoms with Crippen LogP contribution in [0.4, 0.5) is 15.5 Å². The van der Waals surface area contributed by atoms with Crippen molar-refractivity contribution >= 4 is 37.5 Å². The average molecular weight is 604 g/mol. The summed E-state index contributed by atoms with van der Waals surface area (Å²) in [5, 5.41) is 12.6. The number of halogens is 1. The minimum Gasteiger partial charge on any atom is -0.395 e. The summed E-state index contributed by atoms with van der Waals surface area (Å²) in [7, 11) is -1.83. The zero-order valence-corrected chi connectivity index (χ0v) is 25.9. The van der Waals surface area contributed by atoms with Crippen molar-refractivity contribution in [3.05, 3.63) is 95.6 Å². The molecule has 2 aliphatic heterocycles. The molecule has 0 unspecified atom stereocenters. The quantitative estimate of drug-likeness (QED) is 0.262. The molecule has 0 aromatic heterocycles. The first-order valence-corrected chi connectivity index (χ1v) is 17.5. The number of aliphatic hydroxyl groups is 1. The summed E-state index contributed by atoms with van der Waals surface area (Å²) < 4.78 is 22.8. The SMILES string of the molecule is C[C@H]1[C@H]([Si](C)(C)F)[C@@H](CC(=O)N(CCO)Cc2ccccc2)O[C@]12C(=O)N(C)c1ccc(NC(=O)c3ccccc3)cc12. The van der Waals surface area contributed by atoms with Crippen molar-refractivity contribution in [2.75, 3.05) is 30.4 Å². The van der Waals surface area contributed by atoms with Gasteiger partial charge in [-0.3, -0.25) is 14.4 Å². The monoisotopic (exact) mass is 603 g/mol. The molecule has 0 saturated carbocycles. The summed E-state index contributed by atoms with van der Waals surface area (Å²) in [5.74, 6) is -1.48. The number of fused-ring (bicyclic) bond motifs is 2. The molecular formula is C33H38FN3O5Si. The van der Waals surface area contributed by atoms with E-state index >= 15 is 4.11 Å². The minimum atomic E-state index is -3.48. The smallest absolute Gasteiger partial charge is 0.264 e. The lowest BCUT2D eigenvalue weighted by atomic mass is 9.82. The molecule has 10 heteroatoms. The first-order valence-electron chi connectivity index (χ1n) is 14.6. The van der Waals surface area contributed by atoms with E-state index in [2.05, 4.69) is 5.32 Å². The van der Waals surface area contributed by atoms with Gasteiger partial charge in [0.05, 0.1) is 24.8 Å². The van der Waals surface area contributed by atoms with Gasteiger partial charge in [0.25, 0.3) is 11.8 Å². The fraction of sp³-hybridized carbons (Fsp3) is 0.364. The summed E-state index contributed by atoms with van der Waals surface area (Å²) in [6.07, 6.45) is -0.974. The summed E-state index contributed by atoms with van der Waals surface area (Å²) >= 11 is 0. The van der Waals surface area contributed by atoms with Gasteiger partial charge in [0.2, 0.25) is 14.3 Å². The topological polar surface area (TPSA) is 99.2 Å². The molecule has 1 fully saturated rings. The second-order valence-electron chi connectivity index (χ2n) is 11.9. The Balaban J connectivity index is 1.47. The fourth-order valence-electron chi connectivity index (χ4n) is 6.74. The number of nitrogens with one attached hydrogen (secondary N) is 1. The number of benzene rings is 3. The molecule has 43 heavy (non-hydrogen) atoms. The molecule has 3 amide bonds. The van der Waals surface area contributed by atoms with Crippen molar-refractivity contribution in [1.82, 2.24) is 4.90 Å². The van der Waals surface area contributed by atoms with Crippen LogP contribution in [-0.2, 0) is 26.5 Å². The second kappa shape index (κ2) is 12.0. The van der Waals surface area contributed by atoms with Gasteiger partial charge < -0.3 is 29.1 Å². The Morgan fingerprint density at radius 1 is 1.07 bits per heavy atom. The van der Waals surface area contributed by atoms with Crippen molar-refractivity contribution < 1.29 is 28.3 Å². The number of carbonyl (C=O) groups is 3. The van der Waals surface area contributed by atoms with Crippen LogP contribution < -0.4 is 10.2 Å². The van der Waals surface area contributed by atoms with Gasteiger partial charge in [0, 0.05) is 48.4 Å². The number of nitrogens with zero attached hydrogens (tertiary/aromatic N) is 2. The number of likely N-dealkylation sites (N-methyl/N-ethyl adjacent to an activating group) is 1. The van der Waals surface area contributed by atoms with Crippen molar-refractivity contribution in [2.24, 2.45) is 5.92 Å². The largest absolute Gasteiger partial charge is 0.395 e. The van der Waals surface area contributed by atoms with Crippen LogP contribution in [0.15, 0.2) is 78.9 Å². The number of amides is 3. The molecule has 8 nitrogen and oxygen atoms in total. The van der Waals surface area contributed by atoms with Crippen LogP contribution in [0.2, 0.25) is 18.6 Å². The van der Waals surface area contributed by atoms with Crippen molar-refractivity contribution in [3.8, 4) is 0 Å². The maximum absolute atomic E-state index is 16.1. The maximum atomic E-state index is 16.1. The van der Waals surface area contributed by atoms with Gasteiger partial charge in [-0.05, 0) is 49.0 Å². The molecule has 3 aromatic carbocycles. The summed E-state index contributed by atoms with van der Waals surface area (Å²) in [6.45, 7) is 5.20. The molecule has 1 saturated heterocycles. The van der Waals surface area contributed by atoms with Gasteiger partial charge >= 0.3 is 0 Å². The summed E-state index contributed by atoms with van der Waals surface area (Å²) in [6, 6.07) is 23.5. The molecule has 4 atom stereocenters. The molecule has 2 aliphatic rings. The number of hydrogen-bond acceptors (Lipinski definition) is 5. The number of rotatable bonds is 9. The third-order valence-electron chi connectivity index (χ3n) is 8.70. The van der Waals surface area contributed by atoms with E-state index in [0.717, 1.165) is 5.56 Å². The lowest BCUT2D eigenvalue weighted by Gasteiger charge is -2.31. The summed E-state index contributed by atoms with van der Waals surface area (Å²) in [4.78, 5) is 43.6. The Kier molecular flexibility index (Phi) is 8.55.